The zero-order chi connectivity index (χ0) is 14.6. The van der Waals surface area contributed by atoms with Gasteiger partial charge in [0, 0.05) is 27.2 Å². The predicted octanol–water partition coefficient (Wildman–Crippen LogP) is 2.36. The fraction of sp³-hybridized carbons (Fsp3) is 0.786. The second-order valence-corrected chi connectivity index (χ2v) is 5.77. The van der Waals surface area contributed by atoms with Crippen LogP contribution in [0.5, 0.6) is 0 Å². The third-order valence-corrected chi connectivity index (χ3v) is 4.14. The van der Waals surface area contributed by atoms with Gasteiger partial charge in [-0.2, -0.15) is 15.0 Å². The molecule has 0 atom stereocenters. The molecular formula is C14H26N6. The van der Waals surface area contributed by atoms with E-state index in [1.807, 2.05) is 25.9 Å². The summed E-state index contributed by atoms with van der Waals surface area (Å²) in [5.74, 6) is 1.98. The summed E-state index contributed by atoms with van der Waals surface area (Å²) in [6.07, 6.45) is 5.17. The topological polar surface area (TPSA) is 66.0 Å². The number of nitrogens with zero attached hydrogens (tertiary/aromatic N) is 4. The lowest BCUT2D eigenvalue weighted by atomic mass is 9.67. The van der Waals surface area contributed by atoms with Gasteiger partial charge in [-0.1, -0.05) is 13.3 Å². The molecule has 2 N–H and O–H groups in total. The summed E-state index contributed by atoms with van der Waals surface area (Å²) in [5.41, 5.74) is 0.448. The van der Waals surface area contributed by atoms with Gasteiger partial charge in [0.1, 0.15) is 0 Å². The summed E-state index contributed by atoms with van der Waals surface area (Å²) in [6, 6.07) is 0. The van der Waals surface area contributed by atoms with Gasteiger partial charge in [0.2, 0.25) is 17.8 Å². The van der Waals surface area contributed by atoms with Crippen molar-refractivity contribution < 1.29 is 0 Å². The highest BCUT2D eigenvalue weighted by Crippen LogP contribution is 2.43. The standard InChI is InChI=1S/C14H26N6/c1-5-14(8-7-9-14)10-16-12-17-11(15-6-2)18-13(19-12)20(3)4/h5-10H2,1-4H3,(H2,15,16,17,18,19). The van der Waals surface area contributed by atoms with Gasteiger partial charge in [-0.15, -0.1) is 0 Å². The number of anilines is 3. The lowest BCUT2D eigenvalue weighted by Crippen LogP contribution is -2.36. The van der Waals surface area contributed by atoms with Crippen molar-refractivity contribution in [3.63, 3.8) is 0 Å². The Morgan fingerprint density at radius 3 is 2.15 bits per heavy atom. The first kappa shape index (κ1) is 14.8. The van der Waals surface area contributed by atoms with E-state index in [4.69, 9.17) is 0 Å². The molecule has 0 amide bonds. The third-order valence-electron chi connectivity index (χ3n) is 4.14. The van der Waals surface area contributed by atoms with Gasteiger partial charge in [-0.05, 0) is 31.6 Å². The molecule has 2 rings (SSSR count). The molecule has 6 heteroatoms. The van der Waals surface area contributed by atoms with E-state index in [0.717, 1.165) is 13.1 Å². The molecule has 1 fully saturated rings. The van der Waals surface area contributed by atoms with Crippen LogP contribution in [0.3, 0.4) is 0 Å². The minimum atomic E-state index is 0.448. The van der Waals surface area contributed by atoms with Crippen molar-refractivity contribution in [3.05, 3.63) is 0 Å². The van der Waals surface area contributed by atoms with E-state index >= 15 is 0 Å². The zero-order valence-corrected chi connectivity index (χ0v) is 13.0. The van der Waals surface area contributed by atoms with E-state index in [9.17, 15) is 0 Å². The van der Waals surface area contributed by atoms with E-state index in [0.29, 0.717) is 23.3 Å². The van der Waals surface area contributed by atoms with E-state index in [-0.39, 0.29) is 0 Å². The lowest BCUT2D eigenvalue weighted by molar-refractivity contribution is 0.144. The van der Waals surface area contributed by atoms with Crippen LogP contribution in [0, 0.1) is 5.41 Å². The summed E-state index contributed by atoms with van der Waals surface area (Å²) < 4.78 is 0. The van der Waals surface area contributed by atoms with Gasteiger partial charge in [0.25, 0.3) is 0 Å². The Morgan fingerprint density at radius 1 is 1.05 bits per heavy atom. The molecule has 0 radical (unpaired) electrons. The van der Waals surface area contributed by atoms with Crippen LogP contribution in [0.1, 0.15) is 39.5 Å². The lowest BCUT2D eigenvalue weighted by Gasteiger charge is -2.41. The van der Waals surface area contributed by atoms with E-state index in [1.54, 1.807) is 0 Å². The second-order valence-electron chi connectivity index (χ2n) is 5.77. The quantitative estimate of drug-likeness (QED) is 0.798. The number of nitrogens with one attached hydrogen (secondary N) is 2. The summed E-state index contributed by atoms with van der Waals surface area (Å²) in [4.78, 5) is 15.2. The van der Waals surface area contributed by atoms with Gasteiger partial charge in [0.15, 0.2) is 0 Å². The molecule has 20 heavy (non-hydrogen) atoms. The van der Waals surface area contributed by atoms with Crippen LogP contribution >= 0.6 is 0 Å². The minimum Gasteiger partial charge on any atom is -0.354 e. The van der Waals surface area contributed by atoms with Crippen molar-refractivity contribution in [1.29, 1.82) is 0 Å². The molecule has 0 spiro atoms. The van der Waals surface area contributed by atoms with Crippen LogP contribution < -0.4 is 15.5 Å². The molecule has 6 nitrogen and oxygen atoms in total. The van der Waals surface area contributed by atoms with Crippen molar-refractivity contribution in [3.8, 4) is 0 Å². The second kappa shape index (κ2) is 6.24. The predicted molar refractivity (Wildman–Crippen MR) is 83.4 cm³/mol. The number of hydrogen-bond donors (Lipinski definition) is 2. The first-order chi connectivity index (χ1) is 9.58. The first-order valence-corrected chi connectivity index (χ1v) is 7.50. The Bertz CT molecular complexity index is 436. The van der Waals surface area contributed by atoms with Crippen LogP contribution in [0.2, 0.25) is 0 Å². The van der Waals surface area contributed by atoms with E-state index < -0.39 is 0 Å². The third kappa shape index (κ3) is 3.29. The first-order valence-electron chi connectivity index (χ1n) is 7.50. The highest BCUT2D eigenvalue weighted by atomic mass is 15.3. The highest BCUT2D eigenvalue weighted by molar-refractivity contribution is 5.43. The fourth-order valence-corrected chi connectivity index (χ4v) is 2.48. The normalized spacial score (nSPS) is 16.4. The van der Waals surface area contributed by atoms with Gasteiger partial charge in [-0.3, -0.25) is 0 Å². The minimum absolute atomic E-state index is 0.448. The van der Waals surface area contributed by atoms with Crippen LogP contribution in [0.4, 0.5) is 17.8 Å². The molecule has 0 bridgehead atoms. The van der Waals surface area contributed by atoms with Crippen molar-refractivity contribution in [2.45, 2.75) is 39.5 Å². The Balaban J connectivity index is 2.09. The maximum atomic E-state index is 4.46. The molecule has 1 heterocycles. The Kier molecular flexibility index (Phi) is 4.62. The maximum absolute atomic E-state index is 4.46. The smallest absolute Gasteiger partial charge is 0.231 e. The molecule has 0 unspecified atom stereocenters. The largest absolute Gasteiger partial charge is 0.354 e. The van der Waals surface area contributed by atoms with Crippen molar-refractivity contribution >= 4 is 17.8 Å². The van der Waals surface area contributed by atoms with Gasteiger partial charge in [-0.25, -0.2) is 0 Å². The van der Waals surface area contributed by atoms with Crippen molar-refractivity contribution in [1.82, 2.24) is 15.0 Å². The highest BCUT2D eigenvalue weighted by Gasteiger charge is 2.34. The molecule has 0 saturated heterocycles. The summed E-state index contributed by atoms with van der Waals surface area (Å²) in [5, 5.41) is 6.56. The number of aromatic nitrogens is 3. The molecule has 1 aliphatic rings. The van der Waals surface area contributed by atoms with Crippen molar-refractivity contribution in [2.75, 3.05) is 42.7 Å². The van der Waals surface area contributed by atoms with Crippen LogP contribution in [0.15, 0.2) is 0 Å². The molecule has 1 saturated carbocycles. The Labute approximate surface area is 121 Å². The Morgan fingerprint density at radius 2 is 1.70 bits per heavy atom. The summed E-state index contributed by atoms with van der Waals surface area (Å²) >= 11 is 0. The van der Waals surface area contributed by atoms with E-state index in [1.165, 1.54) is 25.7 Å². The molecule has 1 aromatic rings. The Hall–Kier alpha value is -1.59. The maximum Gasteiger partial charge on any atom is 0.231 e. The van der Waals surface area contributed by atoms with Gasteiger partial charge < -0.3 is 15.5 Å². The van der Waals surface area contributed by atoms with Gasteiger partial charge >= 0.3 is 0 Å². The molecule has 0 aromatic carbocycles. The van der Waals surface area contributed by atoms with Crippen molar-refractivity contribution in [2.24, 2.45) is 5.41 Å². The SMILES string of the molecule is CCNc1nc(NCC2(CC)CCC2)nc(N(C)C)n1. The number of rotatable bonds is 7. The summed E-state index contributed by atoms with van der Waals surface area (Å²) in [6.45, 7) is 6.05. The fourth-order valence-electron chi connectivity index (χ4n) is 2.48. The average Bonchev–Trinajstić information content (AvgIpc) is 2.38. The van der Waals surface area contributed by atoms with Crippen LogP contribution in [-0.2, 0) is 0 Å². The number of hydrogen-bond acceptors (Lipinski definition) is 6. The molecular weight excluding hydrogens is 252 g/mol. The zero-order valence-electron chi connectivity index (χ0n) is 13.0. The van der Waals surface area contributed by atoms with Gasteiger partial charge in [0.05, 0.1) is 0 Å². The molecule has 0 aliphatic heterocycles. The molecule has 1 aliphatic carbocycles. The molecule has 1 aromatic heterocycles. The van der Waals surface area contributed by atoms with E-state index in [2.05, 4.69) is 32.5 Å². The monoisotopic (exact) mass is 278 g/mol. The average molecular weight is 278 g/mol. The molecule has 112 valence electrons. The summed E-state index contributed by atoms with van der Waals surface area (Å²) in [7, 11) is 3.88. The van der Waals surface area contributed by atoms with Crippen LogP contribution in [-0.4, -0.2) is 42.1 Å². The van der Waals surface area contributed by atoms with Crippen LogP contribution in [0.25, 0.3) is 0 Å².